The summed E-state index contributed by atoms with van der Waals surface area (Å²) in [7, 11) is 0. The molecule has 20 heavy (non-hydrogen) atoms. The topological polar surface area (TPSA) is 72.3 Å². The summed E-state index contributed by atoms with van der Waals surface area (Å²) in [5.74, 6) is 0.800. The highest BCUT2D eigenvalue weighted by Gasteiger charge is 2.40. The zero-order valence-corrected chi connectivity index (χ0v) is 11.8. The van der Waals surface area contributed by atoms with Crippen molar-refractivity contribution in [3.8, 4) is 11.3 Å². The van der Waals surface area contributed by atoms with Gasteiger partial charge >= 0.3 is 0 Å². The first-order chi connectivity index (χ1) is 9.48. The van der Waals surface area contributed by atoms with Crippen molar-refractivity contribution >= 4 is 0 Å². The van der Waals surface area contributed by atoms with Crippen molar-refractivity contribution in [2.45, 2.75) is 38.3 Å². The molecule has 4 nitrogen and oxygen atoms in total. The number of aryl methyl sites for hydroxylation is 1. The third kappa shape index (κ3) is 2.15. The van der Waals surface area contributed by atoms with Gasteiger partial charge in [0.25, 0.3) is 0 Å². The second-order valence-corrected chi connectivity index (χ2v) is 6.15. The van der Waals surface area contributed by atoms with E-state index in [9.17, 15) is 5.11 Å². The van der Waals surface area contributed by atoms with Crippen molar-refractivity contribution in [1.82, 2.24) is 5.16 Å². The van der Waals surface area contributed by atoms with Gasteiger partial charge in [-0.25, -0.2) is 0 Å². The largest absolute Gasteiger partial charge is 0.388 e. The fraction of sp³-hybridized carbons (Fsp3) is 0.438. The van der Waals surface area contributed by atoms with Gasteiger partial charge in [-0.1, -0.05) is 35.5 Å². The highest BCUT2D eigenvalue weighted by molar-refractivity contribution is 5.64. The zero-order valence-electron chi connectivity index (χ0n) is 11.8. The van der Waals surface area contributed by atoms with Crippen LogP contribution < -0.4 is 5.73 Å². The maximum absolute atomic E-state index is 10.7. The Kier molecular flexibility index (Phi) is 3.15. The molecule has 1 aromatic carbocycles. The Bertz CT molecular complexity index is 599. The summed E-state index contributed by atoms with van der Waals surface area (Å²) in [6, 6.07) is 9.81. The summed E-state index contributed by atoms with van der Waals surface area (Å²) in [4.78, 5) is 0. The van der Waals surface area contributed by atoms with Crippen LogP contribution in [0.1, 0.15) is 37.7 Å². The summed E-state index contributed by atoms with van der Waals surface area (Å²) in [6.07, 6.45) is 0.971. The van der Waals surface area contributed by atoms with E-state index in [1.165, 1.54) is 0 Å². The molecule has 4 heteroatoms. The molecule has 2 aromatic rings. The van der Waals surface area contributed by atoms with Crippen LogP contribution in [0.15, 0.2) is 34.9 Å². The third-order valence-corrected chi connectivity index (χ3v) is 4.16. The van der Waals surface area contributed by atoms with E-state index in [0.717, 1.165) is 35.4 Å². The molecule has 0 fully saturated rings. The van der Waals surface area contributed by atoms with Gasteiger partial charge in [0.05, 0.1) is 11.7 Å². The number of benzene rings is 1. The Morgan fingerprint density at radius 2 is 2.00 bits per heavy atom. The molecule has 0 saturated heterocycles. The van der Waals surface area contributed by atoms with Gasteiger partial charge < -0.3 is 15.4 Å². The fourth-order valence-corrected chi connectivity index (χ4v) is 3.05. The van der Waals surface area contributed by atoms with Crippen molar-refractivity contribution in [1.29, 1.82) is 0 Å². The summed E-state index contributed by atoms with van der Waals surface area (Å²) >= 11 is 0. The molecule has 3 rings (SSSR count). The third-order valence-electron chi connectivity index (χ3n) is 4.16. The lowest BCUT2D eigenvalue weighted by Crippen LogP contribution is -2.45. The van der Waals surface area contributed by atoms with Crippen LogP contribution in [0.5, 0.6) is 0 Å². The van der Waals surface area contributed by atoms with E-state index in [-0.39, 0.29) is 5.92 Å². The van der Waals surface area contributed by atoms with Gasteiger partial charge in [-0.15, -0.1) is 0 Å². The monoisotopic (exact) mass is 272 g/mol. The predicted octanol–water partition coefficient (Wildman–Crippen LogP) is 2.67. The average Bonchev–Trinajstić information content (AvgIpc) is 2.83. The maximum Gasteiger partial charge on any atom is 0.143 e. The average molecular weight is 272 g/mol. The Labute approximate surface area is 118 Å². The smallest absolute Gasteiger partial charge is 0.143 e. The van der Waals surface area contributed by atoms with Crippen molar-refractivity contribution in [3.63, 3.8) is 0 Å². The minimum atomic E-state index is -0.625. The van der Waals surface area contributed by atoms with Crippen LogP contribution in [0.4, 0.5) is 0 Å². The van der Waals surface area contributed by atoms with Gasteiger partial charge in [0.15, 0.2) is 0 Å². The molecule has 3 N–H and O–H groups in total. The first kappa shape index (κ1) is 13.3. The van der Waals surface area contributed by atoms with E-state index in [1.807, 2.05) is 44.2 Å². The first-order valence-electron chi connectivity index (χ1n) is 6.99. The van der Waals surface area contributed by atoms with Gasteiger partial charge in [0.2, 0.25) is 0 Å². The quantitative estimate of drug-likeness (QED) is 0.881. The van der Waals surface area contributed by atoms with Gasteiger partial charge in [-0.2, -0.15) is 0 Å². The predicted molar refractivity (Wildman–Crippen MR) is 77.0 cm³/mol. The lowest BCUT2D eigenvalue weighted by molar-refractivity contribution is 0.0520. The summed E-state index contributed by atoms with van der Waals surface area (Å²) in [6.45, 7) is 3.92. The van der Waals surface area contributed by atoms with E-state index >= 15 is 0 Å². The highest BCUT2D eigenvalue weighted by atomic mass is 16.5. The van der Waals surface area contributed by atoms with Crippen LogP contribution in [0.25, 0.3) is 11.3 Å². The second-order valence-electron chi connectivity index (χ2n) is 6.15. The molecule has 0 radical (unpaired) electrons. The number of aromatic nitrogens is 1. The van der Waals surface area contributed by atoms with E-state index in [1.54, 1.807) is 0 Å². The van der Waals surface area contributed by atoms with E-state index < -0.39 is 11.6 Å². The van der Waals surface area contributed by atoms with Crippen molar-refractivity contribution in [3.05, 3.63) is 41.7 Å². The number of aliphatic hydroxyl groups is 1. The molecule has 0 bridgehead atoms. The molecule has 2 atom stereocenters. The minimum absolute atomic E-state index is 0.0110. The van der Waals surface area contributed by atoms with Gasteiger partial charge in [-0.05, 0) is 20.3 Å². The zero-order chi connectivity index (χ0) is 14.3. The number of nitrogens with zero attached hydrogens (tertiary/aromatic N) is 1. The Hall–Kier alpha value is -1.65. The second kappa shape index (κ2) is 4.72. The number of hydrogen-bond donors (Lipinski definition) is 2. The number of rotatable bonds is 2. The van der Waals surface area contributed by atoms with E-state index in [4.69, 9.17) is 10.3 Å². The fourth-order valence-electron chi connectivity index (χ4n) is 3.05. The molecular formula is C16H20N2O2. The Morgan fingerprint density at radius 3 is 2.65 bits per heavy atom. The van der Waals surface area contributed by atoms with Crippen LogP contribution >= 0.6 is 0 Å². The lowest BCUT2D eigenvalue weighted by Gasteiger charge is -2.37. The molecule has 106 valence electrons. The van der Waals surface area contributed by atoms with Gasteiger partial charge in [-0.3, -0.25) is 0 Å². The molecule has 0 spiro atoms. The molecule has 1 aliphatic rings. The van der Waals surface area contributed by atoms with E-state index in [2.05, 4.69) is 5.16 Å². The standard InChI is InChI=1S/C16H20N2O2/c1-16(2,17)11-8-9-12-13(15(11)19)14(18-20-12)10-6-4-3-5-7-10/h3-7,11,15,19H,8-9,17H2,1-2H3. The Morgan fingerprint density at radius 1 is 1.30 bits per heavy atom. The highest BCUT2D eigenvalue weighted by Crippen LogP contribution is 2.43. The van der Waals surface area contributed by atoms with Crippen LogP contribution in [0, 0.1) is 5.92 Å². The van der Waals surface area contributed by atoms with Gasteiger partial charge in [0, 0.05) is 23.4 Å². The normalized spacial score (nSPS) is 22.6. The molecule has 1 aliphatic carbocycles. The number of aliphatic hydroxyl groups excluding tert-OH is 1. The lowest BCUT2D eigenvalue weighted by atomic mass is 9.74. The number of fused-ring (bicyclic) bond motifs is 1. The summed E-state index contributed by atoms with van der Waals surface area (Å²) in [5.41, 5.74) is 8.29. The van der Waals surface area contributed by atoms with E-state index in [0.29, 0.717) is 0 Å². The maximum atomic E-state index is 10.7. The van der Waals surface area contributed by atoms with Crippen LogP contribution in [-0.4, -0.2) is 15.8 Å². The van der Waals surface area contributed by atoms with Crippen LogP contribution in [0.3, 0.4) is 0 Å². The Balaban J connectivity index is 2.06. The molecule has 1 heterocycles. The molecule has 1 aromatic heterocycles. The molecule has 0 aliphatic heterocycles. The van der Waals surface area contributed by atoms with Gasteiger partial charge in [0.1, 0.15) is 11.5 Å². The summed E-state index contributed by atoms with van der Waals surface area (Å²) < 4.78 is 5.42. The SMILES string of the molecule is CC(C)(N)C1CCc2onc(-c3ccccc3)c2C1O. The van der Waals surface area contributed by atoms with Crippen molar-refractivity contribution in [2.24, 2.45) is 11.7 Å². The molecule has 0 amide bonds. The van der Waals surface area contributed by atoms with Crippen LogP contribution in [-0.2, 0) is 6.42 Å². The molecule has 0 saturated carbocycles. The summed E-state index contributed by atoms with van der Waals surface area (Å²) in [5, 5.41) is 14.9. The molecular weight excluding hydrogens is 252 g/mol. The first-order valence-corrected chi connectivity index (χ1v) is 6.99. The number of hydrogen-bond acceptors (Lipinski definition) is 4. The van der Waals surface area contributed by atoms with Crippen molar-refractivity contribution in [2.75, 3.05) is 0 Å². The van der Waals surface area contributed by atoms with Crippen molar-refractivity contribution < 1.29 is 9.63 Å². The van der Waals surface area contributed by atoms with Crippen LogP contribution in [0.2, 0.25) is 0 Å². The molecule has 2 unspecified atom stereocenters. The minimum Gasteiger partial charge on any atom is -0.388 e. The number of nitrogens with two attached hydrogens (primary N) is 1.